The molecular formula is C18H22N2O3. The molecule has 23 heavy (non-hydrogen) atoms. The fraction of sp³-hybridized carbons (Fsp3) is 0.222. The lowest BCUT2D eigenvalue weighted by Crippen LogP contribution is -2.11. The van der Waals surface area contributed by atoms with E-state index in [0.717, 1.165) is 0 Å². The number of carbonyl (C=O) groups is 2. The summed E-state index contributed by atoms with van der Waals surface area (Å²) < 4.78 is 0. The van der Waals surface area contributed by atoms with E-state index < -0.39 is 11.9 Å². The van der Waals surface area contributed by atoms with E-state index in [-0.39, 0.29) is 5.78 Å². The molecule has 0 fully saturated rings. The van der Waals surface area contributed by atoms with Crippen molar-refractivity contribution < 1.29 is 14.7 Å². The first-order chi connectivity index (χ1) is 11.0. The van der Waals surface area contributed by atoms with E-state index in [1.807, 2.05) is 6.07 Å². The van der Waals surface area contributed by atoms with Crippen LogP contribution >= 0.6 is 0 Å². The molecule has 0 aliphatic rings. The molecule has 2 aromatic rings. The fourth-order valence-corrected chi connectivity index (χ4v) is 1.85. The molecule has 0 heterocycles. The SMILES string of the molecule is CC(C(=O)O)c1cccc(C(=O)c2ccccc2)c1.NCCN. The van der Waals surface area contributed by atoms with Crippen molar-refractivity contribution in [3.05, 3.63) is 71.3 Å². The van der Waals surface area contributed by atoms with Crippen molar-refractivity contribution in [1.29, 1.82) is 0 Å². The predicted molar refractivity (Wildman–Crippen MR) is 90.5 cm³/mol. The van der Waals surface area contributed by atoms with Crippen LogP contribution in [0.3, 0.4) is 0 Å². The van der Waals surface area contributed by atoms with E-state index >= 15 is 0 Å². The van der Waals surface area contributed by atoms with Crippen molar-refractivity contribution in [2.45, 2.75) is 12.8 Å². The molecule has 0 spiro atoms. The van der Waals surface area contributed by atoms with Crippen LogP contribution in [0.2, 0.25) is 0 Å². The van der Waals surface area contributed by atoms with Crippen molar-refractivity contribution in [2.24, 2.45) is 11.5 Å². The van der Waals surface area contributed by atoms with Crippen LogP contribution in [-0.2, 0) is 4.79 Å². The maximum Gasteiger partial charge on any atom is 0.310 e. The van der Waals surface area contributed by atoms with Gasteiger partial charge in [0, 0.05) is 24.2 Å². The van der Waals surface area contributed by atoms with Gasteiger partial charge in [0.2, 0.25) is 0 Å². The predicted octanol–water partition coefficient (Wildman–Crippen LogP) is 2.01. The molecule has 0 bridgehead atoms. The quantitative estimate of drug-likeness (QED) is 0.732. The highest BCUT2D eigenvalue weighted by Gasteiger charge is 2.16. The molecule has 5 nitrogen and oxygen atoms in total. The van der Waals surface area contributed by atoms with Gasteiger partial charge < -0.3 is 16.6 Å². The van der Waals surface area contributed by atoms with Gasteiger partial charge in [-0.3, -0.25) is 9.59 Å². The first-order valence-electron chi connectivity index (χ1n) is 7.34. The number of carbonyl (C=O) groups excluding carboxylic acids is 1. The molecule has 2 aromatic carbocycles. The van der Waals surface area contributed by atoms with Gasteiger partial charge in [-0.1, -0.05) is 48.5 Å². The Morgan fingerprint density at radius 3 is 2.04 bits per heavy atom. The second-order valence-corrected chi connectivity index (χ2v) is 4.96. The minimum absolute atomic E-state index is 0.0972. The summed E-state index contributed by atoms with van der Waals surface area (Å²) in [6, 6.07) is 15.7. The molecule has 1 unspecified atom stereocenters. The normalized spacial score (nSPS) is 11.1. The molecule has 0 amide bonds. The van der Waals surface area contributed by atoms with Crippen molar-refractivity contribution in [1.82, 2.24) is 0 Å². The van der Waals surface area contributed by atoms with Crippen LogP contribution in [0.5, 0.6) is 0 Å². The van der Waals surface area contributed by atoms with Gasteiger partial charge in [0.05, 0.1) is 5.92 Å². The molecule has 2 rings (SSSR count). The molecule has 5 N–H and O–H groups in total. The zero-order valence-electron chi connectivity index (χ0n) is 13.1. The third-order valence-corrected chi connectivity index (χ3v) is 3.22. The Labute approximate surface area is 135 Å². The van der Waals surface area contributed by atoms with Gasteiger partial charge in [0.15, 0.2) is 5.78 Å². The molecule has 0 radical (unpaired) electrons. The molecule has 0 aliphatic heterocycles. The van der Waals surface area contributed by atoms with Crippen LogP contribution in [0.4, 0.5) is 0 Å². The van der Waals surface area contributed by atoms with Gasteiger partial charge in [-0.15, -0.1) is 0 Å². The minimum Gasteiger partial charge on any atom is -0.481 e. The van der Waals surface area contributed by atoms with Crippen LogP contribution in [0, 0.1) is 0 Å². The molecule has 0 aliphatic carbocycles. The largest absolute Gasteiger partial charge is 0.481 e. The molecule has 5 heteroatoms. The summed E-state index contributed by atoms with van der Waals surface area (Å²) in [5.74, 6) is -1.62. The van der Waals surface area contributed by atoms with Crippen molar-refractivity contribution in [3.63, 3.8) is 0 Å². The van der Waals surface area contributed by atoms with Gasteiger partial charge >= 0.3 is 5.97 Å². The summed E-state index contributed by atoms with van der Waals surface area (Å²) in [5.41, 5.74) is 11.5. The summed E-state index contributed by atoms with van der Waals surface area (Å²) in [6.07, 6.45) is 0. The van der Waals surface area contributed by atoms with E-state index in [2.05, 4.69) is 0 Å². The Bertz CT molecular complexity index is 640. The Hall–Kier alpha value is -2.50. The van der Waals surface area contributed by atoms with Gasteiger partial charge in [-0.25, -0.2) is 0 Å². The zero-order chi connectivity index (χ0) is 17.2. The van der Waals surface area contributed by atoms with Crippen LogP contribution in [0.15, 0.2) is 54.6 Å². The summed E-state index contributed by atoms with van der Waals surface area (Å²) in [5, 5.41) is 9.00. The van der Waals surface area contributed by atoms with E-state index in [9.17, 15) is 9.59 Å². The topological polar surface area (TPSA) is 106 Å². The van der Waals surface area contributed by atoms with Gasteiger partial charge in [0.25, 0.3) is 0 Å². The second kappa shape index (κ2) is 9.50. The Morgan fingerprint density at radius 2 is 1.52 bits per heavy atom. The number of ketones is 1. The number of benzene rings is 2. The number of carboxylic acids is 1. The average molecular weight is 314 g/mol. The lowest BCUT2D eigenvalue weighted by atomic mass is 9.96. The Kier molecular flexibility index (Phi) is 7.66. The molecule has 0 aromatic heterocycles. The molecule has 1 atom stereocenters. The number of hydrogen-bond donors (Lipinski definition) is 3. The second-order valence-electron chi connectivity index (χ2n) is 4.96. The van der Waals surface area contributed by atoms with Crippen LogP contribution in [0.25, 0.3) is 0 Å². The van der Waals surface area contributed by atoms with Gasteiger partial charge in [0.1, 0.15) is 0 Å². The minimum atomic E-state index is -0.899. The molecule has 0 saturated heterocycles. The third kappa shape index (κ3) is 5.65. The Balaban J connectivity index is 0.000000593. The summed E-state index contributed by atoms with van der Waals surface area (Å²) in [6.45, 7) is 2.80. The van der Waals surface area contributed by atoms with Crippen LogP contribution in [0.1, 0.15) is 34.3 Å². The van der Waals surface area contributed by atoms with Crippen LogP contribution < -0.4 is 11.5 Å². The number of rotatable bonds is 5. The highest BCUT2D eigenvalue weighted by Crippen LogP contribution is 2.18. The lowest BCUT2D eigenvalue weighted by molar-refractivity contribution is -0.138. The van der Waals surface area contributed by atoms with Gasteiger partial charge in [-0.05, 0) is 18.6 Å². The first kappa shape index (κ1) is 18.5. The summed E-state index contributed by atoms with van der Waals surface area (Å²) in [4.78, 5) is 23.2. The number of nitrogens with two attached hydrogens (primary N) is 2. The lowest BCUT2D eigenvalue weighted by Gasteiger charge is -2.08. The van der Waals surface area contributed by atoms with Crippen molar-refractivity contribution in [3.8, 4) is 0 Å². The van der Waals surface area contributed by atoms with E-state index in [1.165, 1.54) is 0 Å². The van der Waals surface area contributed by atoms with E-state index in [1.54, 1.807) is 55.5 Å². The third-order valence-electron chi connectivity index (χ3n) is 3.22. The zero-order valence-corrected chi connectivity index (χ0v) is 13.1. The maximum atomic E-state index is 12.2. The highest BCUT2D eigenvalue weighted by molar-refractivity contribution is 6.09. The summed E-state index contributed by atoms with van der Waals surface area (Å²) in [7, 11) is 0. The fourth-order valence-electron chi connectivity index (χ4n) is 1.85. The van der Waals surface area contributed by atoms with E-state index in [4.69, 9.17) is 16.6 Å². The number of carboxylic acid groups (broad SMARTS) is 1. The molecule has 0 saturated carbocycles. The van der Waals surface area contributed by atoms with E-state index in [0.29, 0.717) is 29.8 Å². The molecule has 122 valence electrons. The first-order valence-corrected chi connectivity index (χ1v) is 7.34. The highest BCUT2D eigenvalue weighted by atomic mass is 16.4. The average Bonchev–Trinajstić information content (AvgIpc) is 2.61. The number of aliphatic carboxylic acids is 1. The molecular weight excluding hydrogens is 292 g/mol. The van der Waals surface area contributed by atoms with Crippen molar-refractivity contribution >= 4 is 11.8 Å². The number of hydrogen-bond acceptors (Lipinski definition) is 4. The standard InChI is InChI=1S/C16H14O3.C2H8N2/c1-11(16(18)19)13-8-5-9-14(10-13)15(17)12-6-3-2-4-7-12;3-1-2-4/h2-11H,1H3,(H,18,19);1-4H2. The van der Waals surface area contributed by atoms with Gasteiger partial charge in [-0.2, -0.15) is 0 Å². The smallest absolute Gasteiger partial charge is 0.310 e. The van der Waals surface area contributed by atoms with Crippen molar-refractivity contribution in [2.75, 3.05) is 13.1 Å². The summed E-state index contributed by atoms with van der Waals surface area (Å²) >= 11 is 0. The maximum absolute atomic E-state index is 12.2. The monoisotopic (exact) mass is 314 g/mol. The Morgan fingerprint density at radius 1 is 0.957 bits per heavy atom. The van der Waals surface area contributed by atoms with Crippen LogP contribution in [-0.4, -0.2) is 29.9 Å².